The van der Waals surface area contributed by atoms with E-state index in [1.165, 1.54) is 36.9 Å². The lowest BCUT2D eigenvalue weighted by Gasteiger charge is -2.52. The fourth-order valence-electron chi connectivity index (χ4n) is 4.48. The maximum Gasteiger partial charge on any atom is 0.460 e. The van der Waals surface area contributed by atoms with Crippen LogP contribution in [-0.4, -0.2) is 58.5 Å². The number of alkyl halides is 18. The van der Waals surface area contributed by atoms with Crippen LogP contribution < -0.4 is 0 Å². The van der Waals surface area contributed by atoms with E-state index in [0.717, 1.165) is 13.8 Å². The summed E-state index contributed by atoms with van der Waals surface area (Å²) in [6.45, 7) is 6.65. The Hall–Kier alpha value is -0.830. The average Bonchev–Trinajstić information content (AvgIpc) is 2.69. The van der Waals surface area contributed by atoms with Crippen molar-refractivity contribution < 1.29 is 79.0 Å². The third-order valence-electron chi connectivity index (χ3n) is 6.24. The van der Waals surface area contributed by atoms with Gasteiger partial charge >= 0.3 is 47.6 Å². The molecule has 0 fully saturated rings. The lowest BCUT2D eigenvalue weighted by Crippen LogP contribution is -2.77. The van der Waals surface area contributed by atoms with Gasteiger partial charge in [-0.05, 0) is 37.0 Å². The second-order valence-corrected chi connectivity index (χ2v) is 12.4. The maximum atomic E-state index is 16.4. The van der Waals surface area contributed by atoms with E-state index in [0.29, 0.717) is 0 Å². The molecule has 0 aromatic carbocycles. The van der Waals surface area contributed by atoms with Crippen LogP contribution in [0.1, 0.15) is 60.8 Å². The van der Waals surface area contributed by atoms with Crippen LogP contribution in [0.15, 0.2) is 0 Å². The van der Waals surface area contributed by atoms with Crippen molar-refractivity contribution in [2.45, 2.75) is 119 Å². The predicted octanol–water partition coefficient (Wildman–Crippen LogP) is 10.5. The quantitative estimate of drug-likeness (QED) is 0.128. The van der Waals surface area contributed by atoms with Crippen LogP contribution in [0.4, 0.5) is 79.0 Å². The minimum atomic E-state index is -8.76. The van der Waals surface area contributed by atoms with Crippen LogP contribution in [0, 0.1) is 17.8 Å². The van der Waals surface area contributed by atoms with E-state index in [1.54, 1.807) is 0 Å². The molecule has 0 rings (SSSR count). The van der Waals surface area contributed by atoms with Crippen molar-refractivity contribution in [2.24, 2.45) is 17.8 Å². The third-order valence-corrected chi connectivity index (χ3v) is 7.17. The van der Waals surface area contributed by atoms with Gasteiger partial charge in [-0.2, -0.15) is 74.6 Å². The summed E-state index contributed by atoms with van der Waals surface area (Å²) in [4.78, 5) is 0. The van der Waals surface area contributed by atoms with Crippen LogP contribution in [-0.2, 0) is 0 Å². The summed E-state index contributed by atoms with van der Waals surface area (Å²) in [5.74, 6) is -61.4. The Morgan fingerprint density at radius 2 is 0.585 bits per heavy atom. The van der Waals surface area contributed by atoms with Gasteiger partial charge in [-0.3, -0.25) is 0 Å². The Bertz CT molecular complexity index is 879. The van der Waals surface area contributed by atoms with Gasteiger partial charge in [-0.15, -0.1) is 9.24 Å². The van der Waals surface area contributed by atoms with Crippen molar-refractivity contribution in [2.75, 3.05) is 0 Å². The Labute approximate surface area is 226 Å². The van der Waals surface area contributed by atoms with Crippen LogP contribution >= 0.6 is 9.24 Å². The van der Waals surface area contributed by atoms with E-state index in [2.05, 4.69) is 0 Å². The molecular weight excluding hydrogens is 637 g/mol. The van der Waals surface area contributed by atoms with E-state index in [9.17, 15) is 65.9 Å². The highest BCUT2D eigenvalue weighted by molar-refractivity contribution is 7.19. The van der Waals surface area contributed by atoms with Gasteiger partial charge in [0, 0.05) is 5.16 Å². The van der Waals surface area contributed by atoms with Crippen LogP contribution in [0.3, 0.4) is 0 Å². The molecule has 0 saturated heterocycles. The molecule has 0 radical (unpaired) electrons. The van der Waals surface area contributed by atoms with Gasteiger partial charge in [-0.1, -0.05) is 41.5 Å². The zero-order valence-electron chi connectivity index (χ0n) is 22.2. The van der Waals surface area contributed by atoms with Crippen LogP contribution in [0.25, 0.3) is 0 Å². The van der Waals surface area contributed by atoms with Gasteiger partial charge in [0.15, 0.2) is 5.67 Å². The summed E-state index contributed by atoms with van der Waals surface area (Å²) in [5, 5.41) is -2.91. The molecule has 0 aliphatic carbocycles. The van der Waals surface area contributed by atoms with Gasteiger partial charge in [-0.25, -0.2) is 4.39 Å². The van der Waals surface area contributed by atoms with Gasteiger partial charge in [0.25, 0.3) is 0 Å². The van der Waals surface area contributed by atoms with E-state index >= 15 is 13.2 Å². The molecule has 0 spiro atoms. The summed E-state index contributed by atoms with van der Waals surface area (Å²) < 4.78 is 252. The highest BCUT2D eigenvalue weighted by Crippen LogP contribution is 2.67. The lowest BCUT2D eigenvalue weighted by atomic mass is 9.68. The first-order chi connectivity index (χ1) is 17.5. The number of halogens is 18. The summed E-state index contributed by atoms with van der Waals surface area (Å²) in [7, 11) is 1.42. The van der Waals surface area contributed by atoms with E-state index in [1.807, 2.05) is 0 Å². The molecule has 2 atom stereocenters. The largest absolute Gasteiger partial charge is 0.460 e. The van der Waals surface area contributed by atoms with Crippen molar-refractivity contribution in [3.63, 3.8) is 0 Å². The molecule has 0 nitrogen and oxygen atoms in total. The van der Waals surface area contributed by atoms with E-state index in [4.69, 9.17) is 0 Å². The number of hydrogen-bond acceptors (Lipinski definition) is 0. The fraction of sp³-hybridized carbons (Fsp3) is 1.00. The summed E-state index contributed by atoms with van der Waals surface area (Å²) >= 11 is 0. The van der Waals surface area contributed by atoms with E-state index in [-0.39, 0.29) is 0 Å². The lowest BCUT2D eigenvalue weighted by molar-refractivity contribution is -0.466. The Balaban J connectivity index is 7.57. The molecule has 19 heteroatoms. The van der Waals surface area contributed by atoms with Crippen molar-refractivity contribution >= 4 is 9.24 Å². The van der Waals surface area contributed by atoms with Crippen molar-refractivity contribution in [3.05, 3.63) is 0 Å². The zero-order valence-corrected chi connectivity index (χ0v) is 23.4. The molecule has 41 heavy (non-hydrogen) atoms. The van der Waals surface area contributed by atoms with Gasteiger partial charge in [0.05, 0.1) is 0 Å². The topological polar surface area (TPSA) is 0 Å². The molecule has 0 aliphatic heterocycles. The van der Waals surface area contributed by atoms with Gasteiger partial charge < -0.3 is 0 Å². The number of rotatable bonds is 14. The standard InChI is InChI=1S/C22H29F18P/c1-10(2)7-13(41,8-11(3)4)14(23,9-12(5)6)15(24,25)16(26,27)17(28,29)18(30,31)19(32,33)20(34,35)21(36,37)22(38,39)40/h10-12H,7-9,41H2,1-6H3. The SMILES string of the molecule is CC(C)CC(P)(CC(C)C)C(F)(CC(C)C)C(F)(F)C(F)(F)C(F)(F)C(F)(F)C(F)(F)C(F)(F)C(F)(F)C(F)(F)F. The second kappa shape index (κ2) is 11.3. The Morgan fingerprint density at radius 3 is 0.805 bits per heavy atom. The van der Waals surface area contributed by atoms with Crippen LogP contribution in [0.2, 0.25) is 0 Å². The molecule has 0 aromatic heterocycles. The fourth-order valence-corrected chi connectivity index (χ4v) is 5.73. The smallest absolute Gasteiger partial charge is 0.236 e. The highest BCUT2D eigenvalue weighted by atomic mass is 31.0. The summed E-state index contributed by atoms with van der Waals surface area (Å²) in [5.41, 5.74) is -5.02. The highest BCUT2D eigenvalue weighted by Gasteiger charge is 2.96. The summed E-state index contributed by atoms with van der Waals surface area (Å²) in [6.07, 6.45) is -11.4. The molecule has 0 aromatic rings. The molecule has 0 bridgehead atoms. The van der Waals surface area contributed by atoms with Gasteiger partial charge in [0.2, 0.25) is 0 Å². The maximum absolute atomic E-state index is 16.4. The normalized spacial score (nSPS) is 17.6. The van der Waals surface area contributed by atoms with Crippen LogP contribution in [0.5, 0.6) is 0 Å². The number of hydrogen-bond donors (Lipinski definition) is 0. The molecule has 0 amide bonds. The van der Waals surface area contributed by atoms with E-state index < -0.39 is 95.5 Å². The van der Waals surface area contributed by atoms with Crippen molar-refractivity contribution in [1.82, 2.24) is 0 Å². The van der Waals surface area contributed by atoms with Crippen molar-refractivity contribution in [3.8, 4) is 0 Å². The summed E-state index contributed by atoms with van der Waals surface area (Å²) in [6, 6.07) is 0. The Kier molecular flexibility index (Phi) is 11.0. The molecule has 2 unspecified atom stereocenters. The molecule has 0 saturated carbocycles. The third kappa shape index (κ3) is 5.98. The monoisotopic (exact) mass is 666 g/mol. The minimum Gasteiger partial charge on any atom is -0.236 e. The van der Waals surface area contributed by atoms with Gasteiger partial charge in [0.1, 0.15) is 0 Å². The zero-order chi connectivity index (χ0) is 33.9. The Morgan fingerprint density at radius 1 is 0.366 bits per heavy atom. The molecule has 248 valence electrons. The first-order valence-electron chi connectivity index (χ1n) is 11.7. The first-order valence-corrected chi connectivity index (χ1v) is 12.3. The molecular formula is C22H29F18P. The molecule has 0 heterocycles. The molecule has 0 aliphatic rings. The second-order valence-electron chi connectivity index (χ2n) is 11.3. The molecule has 0 N–H and O–H groups in total. The van der Waals surface area contributed by atoms with Crippen molar-refractivity contribution in [1.29, 1.82) is 0 Å². The minimum absolute atomic E-state index is 0.862. The average molecular weight is 666 g/mol. The first kappa shape index (κ1) is 40.2. The predicted molar refractivity (Wildman–Crippen MR) is 115 cm³/mol.